The van der Waals surface area contributed by atoms with E-state index in [2.05, 4.69) is 10.6 Å². The van der Waals surface area contributed by atoms with E-state index < -0.39 is 0 Å². The lowest BCUT2D eigenvalue weighted by atomic mass is 9.85. The zero-order chi connectivity index (χ0) is 14.1. The van der Waals surface area contributed by atoms with Crippen LogP contribution in [0.3, 0.4) is 0 Å². The van der Waals surface area contributed by atoms with Gasteiger partial charge in [0.1, 0.15) is 0 Å². The standard InChI is InChI=1S/C15H25N3O2.ClH/c1-18(9-14(19)16-11-6-7-11)15(20)13-8-10-4-2-3-5-12(10)17-13;/h10-13,17H,2-9H2,1H3,(H,16,19);1H. The van der Waals surface area contributed by atoms with Crippen LogP contribution in [0.5, 0.6) is 0 Å². The van der Waals surface area contributed by atoms with E-state index in [0.29, 0.717) is 18.0 Å². The molecule has 3 atom stereocenters. The summed E-state index contributed by atoms with van der Waals surface area (Å²) in [6.45, 7) is 0.183. The van der Waals surface area contributed by atoms with Crippen LogP contribution in [0.4, 0.5) is 0 Å². The molecule has 6 heteroatoms. The number of hydrogen-bond acceptors (Lipinski definition) is 3. The van der Waals surface area contributed by atoms with Crippen molar-refractivity contribution in [3.05, 3.63) is 0 Å². The van der Waals surface area contributed by atoms with E-state index in [0.717, 1.165) is 19.3 Å². The molecule has 0 spiro atoms. The summed E-state index contributed by atoms with van der Waals surface area (Å²) in [6.07, 6.45) is 8.11. The van der Waals surface area contributed by atoms with Gasteiger partial charge in [-0.15, -0.1) is 12.4 Å². The Morgan fingerprint density at radius 1 is 1.19 bits per heavy atom. The maximum Gasteiger partial charge on any atom is 0.239 e. The number of carbonyl (C=O) groups is 2. The molecule has 5 nitrogen and oxygen atoms in total. The van der Waals surface area contributed by atoms with Gasteiger partial charge in [0.25, 0.3) is 0 Å². The van der Waals surface area contributed by atoms with Crippen molar-refractivity contribution >= 4 is 24.2 Å². The lowest BCUT2D eigenvalue weighted by Gasteiger charge is -2.24. The topological polar surface area (TPSA) is 61.4 Å². The second-order valence-electron chi connectivity index (χ2n) is 6.64. The second kappa shape index (κ2) is 6.97. The largest absolute Gasteiger partial charge is 0.352 e. The number of nitrogens with zero attached hydrogens (tertiary/aromatic N) is 1. The molecule has 3 rings (SSSR count). The summed E-state index contributed by atoms with van der Waals surface area (Å²) >= 11 is 0. The number of carbonyl (C=O) groups excluding carboxylic acids is 2. The van der Waals surface area contributed by atoms with Gasteiger partial charge in [-0.3, -0.25) is 9.59 Å². The molecule has 2 saturated carbocycles. The Bertz CT molecular complexity index is 386. The number of halogens is 1. The predicted molar refractivity (Wildman–Crippen MR) is 83.3 cm³/mol. The summed E-state index contributed by atoms with van der Waals surface area (Å²) in [5, 5.41) is 6.40. The van der Waals surface area contributed by atoms with Crippen LogP contribution >= 0.6 is 12.4 Å². The minimum absolute atomic E-state index is 0. The molecule has 3 fully saturated rings. The van der Waals surface area contributed by atoms with E-state index in [-0.39, 0.29) is 36.8 Å². The van der Waals surface area contributed by atoms with Crippen LogP contribution in [0.1, 0.15) is 44.9 Å². The van der Waals surface area contributed by atoms with E-state index >= 15 is 0 Å². The third-order valence-corrected chi connectivity index (χ3v) is 4.86. The SMILES string of the molecule is CN(CC(=O)NC1CC1)C(=O)C1CC2CCCCC2N1.Cl. The summed E-state index contributed by atoms with van der Waals surface area (Å²) in [6, 6.07) is 0.798. The zero-order valence-electron chi connectivity index (χ0n) is 12.6. The van der Waals surface area contributed by atoms with Gasteiger partial charge in [0.05, 0.1) is 12.6 Å². The Hall–Kier alpha value is -0.810. The molecule has 2 N–H and O–H groups in total. The Labute approximate surface area is 132 Å². The molecule has 3 unspecified atom stereocenters. The fraction of sp³-hybridized carbons (Fsp3) is 0.867. The van der Waals surface area contributed by atoms with Crippen molar-refractivity contribution in [3.8, 4) is 0 Å². The fourth-order valence-electron chi connectivity index (χ4n) is 3.57. The maximum atomic E-state index is 12.4. The highest BCUT2D eigenvalue weighted by Gasteiger charge is 2.39. The van der Waals surface area contributed by atoms with Gasteiger partial charge in [-0.2, -0.15) is 0 Å². The van der Waals surface area contributed by atoms with E-state index in [1.807, 2.05) is 0 Å². The smallest absolute Gasteiger partial charge is 0.239 e. The lowest BCUT2D eigenvalue weighted by Crippen LogP contribution is -2.47. The van der Waals surface area contributed by atoms with Crippen LogP contribution < -0.4 is 10.6 Å². The van der Waals surface area contributed by atoms with Crippen molar-refractivity contribution in [2.45, 2.75) is 63.1 Å². The van der Waals surface area contributed by atoms with Gasteiger partial charge in [0.15, 0.2) is 0 Å². The van der Waals surface area contributed by atoms with Crippen molar-refractivity contribution in [2.24, 2.45) is 5.92 Å². The quantitative estimate of drug-likeness (QED) is 0.815. The van der Waals surface area contributed by atoms with Crippen LogP contribution in [-0.2, 0) is 9.59 Å². The monoisotopic (exact) mass is 315 g/mol. The number of nitrogens with one attached hydrogen (secondary N) is 2. The summed E-state index contributed by atoms with van der Waals surface area (Å²) in [7, 11) is 1.73. The molecule has 0 aromatic carbocycles. The van der Waals surface area contributed by atoms with Gasteiger partial charge in [-0.25, -0.2) is 0 Å². The first kappa shape index (κ1) is 16.6. The van der Waals surface area contributed by atoms with Gasteiger partial charge in [0.2, 0.25) is 11.8 Å². The number of rotatable bonds is 4. The van der Waals surface area contributed by atoms with Crippen molar-refractivity contribution < 1.29 is 9.59 Å². The molecular weight excluding hydrogens is 290 g/mol. The minimum Gasteiger partial charge on any atom is -0.352 e. The number of fused-ring (bicyclic) bond motifs is 1. The molecule has 0 bridgehead atoms. The molecule has 21 heavy (non-hydrogen) atoms. The first-order valence-corrected chi connectivity index (χ1v) is 7.94. The number of likely N-dealkylation sites (N-methyl/N-ethyl adjacent to an activating group) is 1. The van der Waals surface area contributed by atoms with Crippen LogP contribution in [0, 0.1) is 5.92 Å². The summed E-state index contributed by atoms with van der Waals surface area (Å²) < 4.78 is 0. The average molecular weight is 316 g/mol. The van der Waals surface area contributed by atoms with Crippen molar-refractivity contribution in [2.75, 3.05) is 13.6 Å². The first-order chi connectivity index (χ1) is 9.63. The number of hydrogen-bond donors (Lipinski definition) is 2. The molecule has 1 saturated heterocycles. The summed E-state index contributed by atoms with van der Waals surface area (Å²) in [5.41, 5.74) is 0. The lowest BCUT2D eigenvalue weighted by molar-refractivity contribution is -0.136. The van der Waals surface area contributed by atoms with Gasteiger partial charge in [-0.05, 0) is 38.0 Å². The van der Waals surface area contributed by atoms with Gasteiger partial charge in [0, 0.05) is 19.1 Å². The van der Waals surface area contributed by atoms with Crippen LogP contribution in [0.2, 0.25) is 0 Å². The van der Waals surface area contributed by atoms with Gasteiger partial charge in [-0.1, -0.05) is 12.8 Å². The molecule has 0 aromatic heterocycles. The van der Waals surface area contributed by atoms with Crippen molar-refractivity contribution in [1.82, 2.24) is 15.5 Å². The molecule has 1 aliphatic heterocycles. The Balaban J connectivity index is 0.00000161. The molecule has 120 valence electrons. The Morgan fingerprint density at radius 3 is 2.57 bits per heavy atom. The average Bonchev–Trinajstić information content (AvgIpc) is 3.12. The highest BCUT2D eigenvalue weighted by Crippen LogP contribution is 2.33. The van der Waals surface area contributed by atoms with Crippen LogP contribution in [0.25, 0.3) is 0 Å². The number of amides is 2. The zero-order valence-corrected chi connectivity index (χ0v) is 13.5. The molecule has 2 aliphatic carbocycles. The van der Waals surface area contributed by atoms with E-state index in [4.69, 9.17) is 0 Å². The molecule has 0 radical (unpaired) electrons. The fourth-order valence-corrected chi connectivity index (χ4v) is 3.57. The summed E-state index contributed by atoms with van der Waals surface area (Å²) in [5.74, 6) is 0.704. The molecule has 1 heterocycles. The van der Waals surface area contributed by atoms with Gasteiger partial charge >= 0.3 is 0 Å². The second-order valence-corrected chi connectivity index (χ2v) is 6.64. The normalized spacial score (nSPS) is 31.0. The molecular formula is C15H26ClN3O2. The minimum atomic E-state index is -0.0816. The third-order valence-electron chi connectivity index (χ3n) is 4.86. The molecule has 2 amide bonds. The summed E-state index contributed by atoms with van der Waals surface area (Å²) in [4.78, 5) is 25.7. The highest BCUT2D eigenvalue weighted by molar-refractivity contribution is 5.87. The van der Waals surface area contributed by atoms with Gasteiger partial charge < -0.3 is 15.5 Å². The first-order valence-electron chi connectivity index (χ1n) is 7.94. The highest BCUT2D eigenvalue weighted by atomic mass is 35.5. The third kappa shape index (κ3) is 4.10. The van der Waals surface area contributed by atoms with Crippen LogP contribution in [0.15, 0.2) is 0 Å². The van der Waals surface area contributed by atoms with Crippen molar-refractivity contribution in [3.63, 3.8) is 0 Å². The Morgan fingerprint density at radius 2 is 1.90 bits per heavy atom. The van der Waals surface area contributed by atoms with E-state index in [9.17, 15) is 9.59 Å². The van der Waals surface area contributed by atoms with Crippen LogP contribution in [-0.4, -0.2) is 48.4 Å². The van der Waals surface area contributed by atoms with E-state index in [1.165, 1.54) is 25.7 Å². The molecule has 0 aromatic rings. The Kier molecular flexibility index (Phi) is 5.49. The van der Waals surface area contributed by atoms with Crippen molar-refractivity contribution in [1.29, 1.82) is 0 Å². The predicted octanol–water partition coefficient (Wildman–Crippen LogP) is 1.07. The maximum absolute atomic E-state index is 12.4. The van der Waals surface area contributed by atoms with E-state index in [1.54, 1.807) is 11.9 Å². The molecule has 3 aliphatic rings.